The second-order valence-electron chi connectivity index (χ2n) is 9.06. The van der Waals surface area contributed by atoms with Crippen molar-refractivity contribution in [3.63, 3.8) is 0 Å². The average molecular weight is 519 g/mol. The number of halogens is 1. The van der Waals surface area contributed by atoms with Crippen LogP contribution in [0.4, 0.5) is 14.9 Å². The first-order valence-corrected chi connectivity index (χ1v) is 13.5. The van der Waals surface area contributed by atoms with Gasteiger partial charge in [0, 0.05) is 37.8 Å². The van der Waals surface area contributed by atoms with Gasteiger partial charge in [0.05, 0.1) is 4.90 Å². The Bertz CT molecular complexity index is 1170. The first kappa shape index (κ1) is 25.9. The highest BCUT2D eigenvalue weighted by atomic mass is 32.2. The Morgan fingerprint density at radius 3 is 2.39 bits per heavy atom. The molecule has 194 valence electrons. The van der Waals surface area contributed by atoms with Gasteiger partial charge in [-0.15, -0.1) is 0 Å². The summed E-state index contributed by atoms with van der Waals surface area (Å²) in [6.45, 7) is 1.63. The Morgan fingerprint density at radius 2 is 1.78 bits per heavy atom. The Morgan fingerprint density at radius 1 is 1.11 bits per heavy atom. The van der Waals surface area contributed by atoms with Crippen LogP contribution in [0.15, 0.2) is 53.4 Å². The smallest absolute Gasteiger partial charge is 0.323 e. The first-order valence-electron chi connectivity index (χ1n) is 12.0. The molecule has 4 rings (SSSR count). The second kappa shape index (κ2) is 10.8. The minimum absolute atomic E-state index is 0.0572. The quantitative estimate of drug-likeness (QED) is 0.407. The molecule has 0 radical (unpaired) electrons. The third-order valence-electron chi connectivity index (χ3n) is 6.82. The number of ether oxygens (including phenoxy) is 1. The minimum Gasteiger partial charge on any atom is -0.425 e. The number of amides is 2. The Labute approximate surface area is 210 Å². The van der Waals surface area contributed by atoms with Gasteiger partial charge in [0.2, 0.25) is 9.84 Å². The highest BCUT2D eigenvalue weighted by molar-refractivity contribution is 7.92. The van der Waals surface area contributed by atoms with Gasteiger partial charge in [-0.05, 0) is 74.2 Å². The van der Waals surface area contributed by atoms with E-state index in [1.807, 2.05) is 24.3 Å². The van der Waals surface area contributed by atoms with Crippen LogP contribution in [-0.4, -0.2) is 68.0 Å². The van der Waals surface area contributed by atoms with Crippen molar-refractivity contribution in [3.05, 3.63) is 59.9 Å². The zero-order valence-electron chi connectivity index (χ0n) is 19.9. The van der Waals surface area contributed by atoms with Gasteiger partial charge < -0.3 is 20.7 Å². The highest BCUT2D eigenvalue weighted by Gasteiger charge is 2.57. The van der Waals surface area contributed by atoms with Gasteiger partial charge in [0.15, 0.2) is 0 Å². The minimum atomic E-state index is -4.33. The van der Waals surface area contributed by atoms with E-state index >= 15 is 0 Å². The van der Waals surface area contributed by atoms with Crippen LogP contribution in [0.1, 0.15) is 31.2 Å². The lowest BCUT2D eigenvalue weighted by Crippen LogP contribution is -2.59. The van der Waals surface area contributed by atoms with Gasteiger partial charge in [-0.3, -0.25) is 9.69 Å². The summed E-state index contributed by atoms with van der Waals surface area (Å²) in [5, 5.41) is 1.32. The second-order valence-corrected chi connectivity index (χ2v) is 11.2. The monoisotopic (exact) mass is 518 g/mol. The third-order valence-corrected chi connectivity index (χ3v) is 9.07. The molecule has 0 aliphatic carbocycles. The molecule has 2 fully saturated rings. The maximum Gasteiger partial charge on any atom is 0.323 e. The van der Waals surface area contributed by atoms with Crippen molar-refractivity contribution in [2.45, 2.75) is 48.1 Å². The van der Waals surface area contributed by atoms with Gasteiger partial charge in [0.25, 0.3) is 11.5 Å². The van der Waals surface area contributed by atoms with Crippen LogP contribution in [0.5, 0.6) is 0 Å². The molecule has 0 unspecified atom stereocenters. The predicted molar refractivity (Wildman–Crippen MR) is 132 cm³/mol. The fourth-order valence-corrected chi connectivity index (χ4v) is 6.80. The topological polar surface area (TPSA) is 122 Å². The third kappa shape index (κ3) is 5.03. The Kier molecular flexibility index (Phi) is 7.79. The van der Waals surface area contributed by atoms with Crippen LogP contribution in [0.2, 0.25) is 0 Å². The van der Waals surface area contributed by atoms with Gasteiger partial charge in [-0.2, -0.15) is 0 Å². The molecule has 2 aliphatic rings. The number of nitrogens with one attached hydrogen (secondary N) is 1. The molecule has 0 saturated carbocycles. The number of piperidine rings is 1. The fourth-order valence-electron chi connectivity index (χ4n) is 4.90. The number of hydrogen-bond donors (Lipinski definition) is 2. The van der Waals surface area contributed by atoms with E-state index in [0.29, 0.717) is 38.9 Å². The van der Waals surface area contributed by atoms with E-state index in [1.54, 1.807) is 4.90 Å². The molecular weight excluding hydrogens is 487 g/mol. The molecule has 0 spiro atoms. The van der Waals surface area contributed by atoms with Crippen molar-refractivity contribution in [3.8, 4) is 0 Å². The summed E-state index contributed by atoms with van der Waals surface area (Å²) in [6.07, 6.45) is 2.46. The van der Waals surface area contributed by atoms with E-state index in [1.165, 1.54) is 5.56 Å². The van der Waals surface area contributed by atoms with E-state index in [9.17, 15) is 22.4 Å². The van der Waals surface area contributed by atoms with Crippen LogP contribution in [0.3, 0.4) is 0 Å². The van der Waals surface area contributed by atoms with Gasteiger partial charge in [0.1, 0.15) is 5.82 Å². The van der Waals surface area contributed by atoms with Crippen LogP contribution in [0, 0.1) is 5.82 Å². The summed E-state index contributed by atoms with van der Waals surface area (Å²) >= 11 is 0. The van der Waals surface area contributed by atoms with Gasteiger partial charge in [-0.25, -0.2) is 17.6 Å². The lowest BCUT2D eigenvalue weighted by atomic mass is 10.0. The molecule has 0 aromatic heterocycles. The molecule has 1 atom stereocenters. The zero-order chi connectivity index (χ0) is 25.8. The summed E-state index contributed by atoms with van der Waals surface area (Å²) in [5.74, 6) is -0.596. The number of sulfone groups is 1. The maximum atomic E-state index is 13.5. The molecule has 2 aromatic rings. The molecule has 3 N–H and O–H groups in total. The summed E-state index contributed by atoms with van der Waals surface area (Å²) in [4.78, 5) is 27.4. The van der Waals surface area contributed by atoms with Crippen molar-refractivity contribution >= 4 is 28.0 Å². The molecule has 2 aliphatic heterocycles. The number of nitrogens with zero attached hydrogens (tertiary/aromatic N) is 2. The van der Waals surface area contributed by atoms with E-state index in [-0.39, 0.29) is 30.4 Å². The summed E-state index contributed by atoms with van der Waals surface area (Å²) in [7, 11) is -4.33. The first-order chi connectivity index (χ1) is 17.3. The van der Waals surface area contributed by atoms with Crippen LogP contribution in [0.25, 0.3) is 0 Å². The van der Waals surface area contributed by atoms with Gasteiger partial charge in [-0.1, -0.05) is 12.1 Å². The number of benzene rings is 2. The zero-order valence-corrected chi connectivity index (χ0v) is 20.8. The summed E-state index contributed by atoms with van der Waals surface area (Å²) in [5.41, 5.74) is 7.76. The number of anilines is 1. The summed E-state index contributed by atoms with van der Waals surface area (Å²) < 4.78 is 45.7. The highest BCUT2D eigenvalue weighted by Crippen LogP contribution is 2.40. The lowest BCUT2D eigenvalue weighted by molar-refractivity contribution is -0.143. The number of carbonyl (C=O) groups excluding carboxylic acids is 2. The van der Waals surface area contributed by atoms with E-state index in [4.69, 9.17) is 10.5 Å². The standard InChI is InChI=1S/C25H31FN4O5S/c26-20-4-8-23(9-5-20)36(33,34)25(35-18-31)13-1-15-30(25)24(32)29-16-11-22(12-17-29)28-21-6-2-19(3-7-21)10-14-27/h2-9,18,22,28H,1,10-17,27H2/t25-/m0/s1. The largest absolute Gasteiger partial charge is 0.425 e. The normalized spacial score (nSPS) is 20.8. The number of nitrogens with two attached hydrogens (primary N) is 1. The number of rotatable bonds is 8. The Balaban J connectivity index is 1.45. The molecule has 2 saturated heterocycles. The van der Waals surface area contributed by atoms with Gasteiger partial charge >= 0.3 is 6.03 Å². The average Bonchev–Trinajstić information content (AvgIpc) is 3.31. The van der Waals surface area contributed by atoms with Crippen LogP contribution < -0.4 is 11.1 Å². The molecule has 2 heterocycles. The molecule has 2 amide bonds. The molecule has 9 nitrogen and oxygen atoms in total. The molecular formula is C25H31FN4O5S. The van der Waals surface area contributed by atoms with E-state index in [2.05, 4.69) is 5.32 Å². The fraction of sp³-hybridized carbons (Fsp3) is 0.440. The molecule has 0 bridgehead atoms. The number of urea groups is 1. The maximum absolute atomic E-state index is 13.5. The van der Waals surface area contributed by atoms with Crippen molar-refractivity contribution in [2.75, 3.05) is 31.5 Å². The van der Waals surface area contributed by atoms with Crippen molar-refractivity contribution in [1.82, 2.24) is 9.80 Å². The van der Waals surface area contributed by atoms with Crippen molar-refractivity contribution < 1.29 is 27.1 Å². The molecule has 2 aromatic carbocycles. The molecule has 36 heavy (non-hydrogen) atoms. The number of carbonyl (C=O) groups is 2. The van der Waals surface area contributed by atoms with Crippen molar-refractivity contribution in [2.24, 2.45) is 5.73 Å². The van der Waals surface area contributed by atoms with Crippen molar-refractivity contribution in [1.29, 1.82) is 0 Å². The SMILES string of the molecule is NCCc1ccc(NC2CCN(C(=O)N3CCC[C@]3(OC=O)S(=O)(=O)c3ccc(F)cc3)CC2)cc1. The molecule has 11 heteroatoms. The van der Waals surface area contributed by atoms with Crippen LogP contribution in [-0.2, 0) is 25.8 Å². The Hall–Kier alpha value is -3.18. The number of likely N-dealkylation sites (tertiary alicyclic amines) is 2. The number of hydrogen-bond acceptors (Lipinski definition) is 7. The van der Waals surface area contributed by atoms with E-state index < -0.39 is 26.7 Å². The van der Waals surface area contributed by atoms with Crippen LogP contribution >= 0.6 is 0 Å². The summed E-state index contributed by atoms with van der Waals surface area (Å²) in [6, 6.07) is 12.0. The lowest BCUT2D eigenvalue weighted by Gasteiger charge is -2.40. The predicted octanol–water partition coefficient (Wildman–Crippen LogP) is 2.72. The van der Waals surface area contributed by atoms with E-state index in [0.717, 1.165) is 41.3 Å².